The Labute approximate surface area is 95.2 Å². The zero-order chi connectivity index (χ0) is 11.0. The highest BCUT2D eigenvalue weighted by Gasteiger charge is 2.30. The van der Waals surface area contributed by atoms with Gasteiger partial charge >= 0.3 is 0 Å². The van der Waals surface area contributed by atoms with Crippen molar-refractivity contribution >= 4 is 0 Å². The average molecular weight is 222 g/mol. The van der Waals surface area contributed by atoms with Gasteiger partial charge in [0.25, 0.3) is 0 Å². The Morgan fingerprint density at radius 3 is 3.12 bits per heavy atom. The van der Waals surface area contributed by atoms with Crippen molar-refractivity contribution < 1.29 is 4.52 Å². The first-order valence-electron chi connectivity index (χ1n) is 6.10. The molecule has 1 aliphatic carbocycles. The quantitative estimate of drug-likeness (QED) is 0.817. The van der Waals surface area contributed by atoms with Crippen LogP contribution in [0.1, 0.15) is 37.4 Å². The summed E-state index contributed by atoms with van der Waals surface area (Å²) in [6.45, 7) is 6.21. The van der Waals surface area contributed by atoms with Crippen molar-refractivity contribution in [1.82, 2.24) is 20.4 Å². The molecule has 2 aliphatic rings. The minimum absolute atomic E-state index is 0.552. The lowest BCUT2D eigenvalue weighted by Crippen LogP contribution is -2.49. The van der Waals surface area contributed by atoms with Crippen molar-refractivity contribution in [2.24, 2.45) is 0 Å². The van der Waals surface area contributed by atoms with E-state index in [1.807, 2.05) is 0 Å². The van der Waals surface area contributed by atoms with Gasteiger partial charge in [-0.05, 0) is 19.8 Å². The normalized spacial score (nSPS) is 27.2. The molecule has 1 unspecified atom stereocenters. The van der Waals surface area contributed by atoms with E-state index in [-0.39, 0.29) is 0 Å². The summed E-state index contributed by atoms with van der Waals surface area (Å²) < 4.78 is 5.26. The lowest BCUT2D eigenvalue weighted by molar-refractivity contribution is 0.160. The first-order chi connectivity index (χ1) is 7.83. The van der Waals surface area contributed by atoms with Crippen LogP contribution in [0.3, 0.4) is 0 Å². The third-order valence-corrected chi connectivity index (χ3v) is 3.39. The Morgan fingerprint density at radius 1 is 1.50 bits per heavy atom. The fourth-order valence-electron chi connectivity index (χ4n) is 2.13. The summed E-state index contributed by atoms with van der Waals surface area (Å²) in [6, 6.07) is 0.552. The van der Waals surface area contributed by atoms with Crippen LogP contribution in [0, 0.1) is 0 Å². The molecule has 0 radical (unpaired) electrons. The van der Waals surface area contributed by atoms with Crippen LogP contribution in [-0.2, 0) is 6.54 Å². The summed E-state index contributed by atoms with van der Waals surface area (Å²) in [4.78, 5) is 6.86. The molecule has 1 aromatic rings. The molecule has 1 saturated carbocycles. The van der Waals surface area contributed by atoms with Gasteiger partial charge in [-0.15, -0.1) is 0 Å². The minimum atomic E-state index is 0.552. The Hall–Kier alpha value is -0.940. The summed E-state index contributed by atoms with van der Waals surface area (Å²) in [5, 5.41) is 7.44. The molecule has 0 amide bonds. The lowest BCUT2D eigenvalue weighted by atomic mass is 10.2. The average Bonchev–Trinajstić information content (AvgIpc) is 3.03. The maximum atomic E-state index is 5.26. The van der Waals surface area contributed by atoms with Crippen LogP contribution >= 0.6 is 0 Å². The van der Waals surface area contributed by atoms with Crippen molar-refractivity contribution in [3.63, 3.8) is 0 Å². The van der Waals surface area contributed by atoms with Gasteiger partial charge in [0.05, 0.1) is 6.54 Å². The summed E-state index contributed by atoms with van der Waals surface area (Å²) in [7, 11) is 0. The molecule has 1 aromatic heterocycles. The number of rotatable bonds is 3. The SMILES string of the molecule is CC1CNCCN1Cc1noc(C2CC2)n1. The maximum Gasteiger partial charge on any atom is 0.229 e. The van der Waals surface area contributed by atoms with Crippen LogP contribution in [0.2, 0.25) is 0 Å². The predicted molar refractivity (Wildman–Crippen MR) is 59.0 cm³/mol. The molecule has 1 atom stereocenters. The minimum Gasteiger partial charge on any atom is -0.339 e. The molecule has 1 N–H and O–H groups in total. The van der Waals surface area contributed by atoms with Gasteiger partial charge in [0, 0.05) is 31.6 Å². The van der Waals surface area contributed by atoms with Crippen LogP contribution in [0.4, 0.5) is 0 Å². The number of nitrogens with zero attached hydrogens (tertiary/aromatic N) is 3. The highest BCUT2D eigenvalue weighted by Crippen LogP contribution is 2.38. The summed E-state index contributed by atoms with van der Waals surface area (Å²) >= 11 is 0. The predicted octanol–water partition coefficient (Wildman–Crippen LogP) is 0.741. The second-order valence-corrected chi connectivity index (χ2v) is 4.85. The van der Waals surface area contributed by atoms with E-state index in [2.05, 4.69) is 27.3 Å². The number of hydrogen-bond donors (Lipinski definition) is 1. The molecule has 1 saturated heterocycles. The smallest absolute Gasteiger partial charge is 0.229 e. The van der Waals surface area contributed by atoms with Crippen LogP contribution in [0.5, 0.6) is 0 Å². The first kappa shape index (κ1) is 10.2. The van der Waals surface area contributed by atoms with Gasteiger partial charge in [-0.25, -0.2) is 0 Å². The number of aromatic nitrogens is 2. The molecule has 1 aliphatic heterocycles. The molecule has 2 heterocycles. The number of nitrogens with one attached hydrogen (secondary N) is 1. The van der Waals surface area contributed by atoms with E-state index in [1.54, 1.807) is 0 Å². The van der Waals surface area contributed by atoms with E-state index < -0.39 is 0 Å². The Bertz CT molecular complexity index is 361. The fourth-order valence-corrected chi connectivity index (χ4v) is 2.13. The standard InChI is InChI=1S/C11H18N4O/c1-8-6-12-4-5-15(8)7-10-13-11(16-14-10)9-2-3-9/h8-9,12H,2-7H2,1H3. The van der Waals surface area contributed by atoms with Gasteiger partial charge in [0.15, 0.2) is 5.82 Å². The summed E-state index contributed by atoms with van der Waals surface area (Å²) in [5.41, 5.74) is 0. The molecule has 5 nitrogen and oxygen atoms in total. The molecule has 88 valence electrons. The summed E-state index contributed by atoms with van der Waals surface area (Å²) in [6.07, 6.45) is 2.43. The molecule has 2 fully saturated rings. The molecule has 3 rings (SSSR count). The largest absolute Gasteiger partial charge is 0.339 e. The van der Waals surface area contributed by atoms with Crippen LogP contribution in [0.25, 0.3) is 0 Å². The van der Waals surface area contributed by atoms with Gasteiger partial charge in [0.2, 0.25) is 5.89 Å². The molecular weight excluding hydrogens is 204 g/mol. The van der Waals surface area contributed by atoms with E-state index in [0.717, 1.165) is 37.9 Å². The second-order valence-electron chi connectivity index (χ2n) is 4.85. The van der Waals surface area contributed by atoms with Gasteiger partial charge in [0.1, 0.15) is 0 Å². The molecular formula is C11H18N4O. The number of piperazine rings is 1. The second kappa shape index (κ2) is 4.14. The van der Waals surface area contributed by atoms with Gasteiger partial charge in [-0.1, -0.05) is 5.16 Å². The van der Waals surface area contributed by atoms with Crippen molar-refractivity contribution in [2.75, 3.05) is 19.6 Å². The Balaban J connectivity index is 1.63. The Kier molecular flexibility index (Phi) is 2.65. The zero-order valence-corrected chi connectivity index (χ0v) is 9.65. The highest BCUT2D eigenvalue weighted by atomic mass is 16.5. The maximum absolute atomic E-state index is 5.26. The third-order valence-electron chi connectivity index (χ3n) is 3.39. The number of hydrogen-bond acceptors (Lipinski definition) is 5. The van der Waals surface area contributed by atoms with Crippen LogP contribution < -0.4 is 5.32 Å². The van der Waals surface area contributed by atoms with E-state index in [0.29, 0.717) is 12.0 Å². The monoisotopic (exact) mass is 222 g/mol. The van der Waals surface area contributed by atoms with Crippen molar-refractivity contribution in [1.29, 1.82) is 0 Å². The van der Waals surface area contributed by atoms with E-state index in [9.17, 15) is 0 Å². The van der Waals surface area contributed by atoms with E-state index in [4.69, 9.17) is 4.52 Å². The highest BCUT2D eigenvalue weighted by molar-refractivity contribution is 5.01. The van der Waals surface area contributed by atoms with E-state index in [1.165, 1.54) is 12.8 Å². The van der Waals surface area contributed by atoms with E-state index >= 15 is 0 Å². The van der Waals surface area contributed by atoms with Crippen molar-refractivity contribution in [3.8, 4) is 0 Å². The topological polar surface area (TPSA) is 54.2 Å². The molecule has 0 aromatic carbocycles. The van der Waals surface area contributed by atoms with Gasteiger partial charge < -0.3 is 9.84 Å². The Morgan fingerprint density at radius 2 is 2.38 bits per heavy atom. The zero-order valence-electron chi connectivity index (χ0n) is 9.65. The fraction of sp³-hybridized carbons (Fsp3) is 0.818. The lowest BCUT2D eigenvalue weighted by Gasteiger charge is -2.32. The van der Waals surface area contributed by atoms with Gasteiger partial charge in [-0.2, -0.15) is 4.98 Å². The molecule has 0 bridgehead atoms. The first-order valence-corrected chi connectivity index (χ1v) is 6.10. The molecule has 5 heteroatoms. The van der Waals surface area contributed by atoms with Crippen LogP contribution in [-0.4, -0.2) is 40.7 Å². The van der Waals surface area contributed by atoms with Crippen LogP contribution in [0.15, 0.2) is 4.52 Å². The van der Waals surface area contributed by atoms with Crippen molar-refractivity contribution in [2.45, 2.75) is 38.3 Å². The summed E-state index contributed by atoms with van der Waals surface area (Å²) in [5.74, 6) is 2.25. The molecule has 16 heavy (non-hydrogen) atoms. The third kappa shape index (κ3) is 2.10. The van der Waals surface area contributed by atoms with Crippen molar-refractivity contribution in [3.05, 3.63) is 11.7 Å². The molecule has 0 spiro atoms. The van der Waals surface area contributed by atoms with Gasteiger partial charge in [-0.3, -0.25) is 4.90 Å².